The van der Waals surface area contributed by atoms with Crippen molar-refractivity contribution < 1.29 is 4.39 Å². The summed E-state index contributed by atoms with van der Waals surface area (Å²) in [4.78, 5) is 8.82. The average molecular weight is 376 g/mol. The molecule has 0 bridgehead atoms. The Morgan fingerprint density at radius 3 is 2.65 bits per heavy atom. The molecule has 1 aromatic heterocycles. The van der Waals surface area contributed by atoms with Crippen molar-refractivity contribution >= 4 is 39.1 Å². The topological polar surface area (TPSA) is 25.8 Å². The van der Waals surface area contributed by atoms with Gasteiger partial charge in [-0.05, 0) is 46.5 Å². The predicted molar refractivity (Wildman–Crippen MR) is 80.9 cm³/mol. The summed E-state index contributed by atoms with van der Waals surface area (Å²) >= 11 is 15.6. The number of hydrogen-bond donors (Lipinski definition) is 0. The van der Waals surface area contributed by atoms with Crippen molar-refractivity contribution in [2.24, 2.45) is 0 Å². The standard InChI is InChI=1S/C14H10BrCl2FN2/c15-12-13(7-1-2-7)19-11(20-14(12)17)5-8-3-4-9(18)6-10(8)16/h3-4,6-7H,1-2,5H2. The van der Waals surface area contributed by atoms with Gasteiger partial charge in [0.1, 0.15) is 16.8 Å². The molecule has 104 valence electrons. The highest BCUT2D eigenvalue weighted by Gasteiger charge is 2.29. The van der Waals surface area contributed by atoms with Crippen molar-refractivity contribution in [3.05, 3.63) is 55.7 Å². The van der Waals surface area contributed by atoms with Crippen molar-refractivity contribution in [3.63, 3.8) is 0 Å². The van der Waals surface area contributed by atoms with Crippen LogP contribution < -0.4 is 0 Å². The smallest absolute Gasteiger partial charge is 0.147 e. The van der Waals surface area contributed by atoms with Crippen LogP contribution in [0.3, 0.4) is 0 Å². The Morgan fingerprint density at radius 2 is 2.00 bits per heavy atom. The molecule has 3 rings (SSSR count). The third-order valence-electron chi connectivity index (χ3n) is 3.21. The third kappa shape index (κ3) is 2.97. The second kappa shape index (κ2) is 5.58. The van der Waals surface area contributed by atoms with E-state index in [4.69, 9.17) is 23.2 Å². The Hall–Kier alpha value is -0.710. The van der Waals surface area contributed by atoms with Gasteiger partial charge in [-0.25, -0.2) is 14.4 Å². The lowest BCUT2D eigenvalue weighted by Crippen LogP contribution is -2.02. The van der Waals surface area contributed by atoms with E-state index in [1.165, 1.54) is 12.1 Å². The Kier molecular flexibility index (Phi) is 3.98. The van der Waals surface area contributed by atoms with Gasteiger partial charge >= 0.3 is 0 Å². The summed E-state index contributed by atoms with van der Waals surface area (Å²) in [6.45, 7) is 0. The molecule has 1 saturated carbocycles. The van der Waals surface area contributed by atoms with E-state index in [1.807, 2.05) is 0 Å². The highest BCUT2D eigenvalue weighted by Crippen LogP contribution is 2.43. The maximum Gasteiger partial charge on any atom is 0.147 e. The first-order valence-electron chi connectivity index (χ1n) is 6.20. The van der Waals surface area contributed by atoms with E-state index in [0.29, 0.717) is 28.3 Å². The molecule has 0 saturated heterocycles. The van der Waals surface area contributed by atoms with Crippen molar-refractivity contribution in [2.75, 3.05) is 0 Å². The minimum Gasteiger partial charge on any atom is -0.236 e. The Labute approximate surface area is 134 Å². The van der Waals surface area contributed by atoms with Gasteiger partial charge in [0.05, 0.1) is 10.2 Å². The van der Waals surface area contributed by atoms with Crippen molar-refractivity contribution in [1.82, 2.24) is 9.97 Å². The number of hydrogen-bond acceptors (Lipinski definition) is 2. The van der Waals surface area contributed by atoms with Gasteiger partial charge in [0.15, 0.2) is 0 Å². The number of halogens is 4. The molecule has 0 unspecified atom stereocenters. The molecule has 0 amide bonds. The van der Waals surface area contributed by atoms with E-state index in [-0.39, 0.29) is 5.82 Å². The van der Waals surface area contributed by atoms with Gasteiger partial charge in [-0.3, -0.25) is 0 Å². The number of nitrogens with zero attached hydrogens (tertiary/aromatic N) is 2. The number of rotatable bonds is 3. The van der Waals surface area contributed by atoms with E-state index in [1.54, 1.807) is 6.07 Å². The SMILES string of the molecule is Fc1ccc(Cc2nc(Cl)c(Br)c(C3CC3)n2)c(Cl)c1. The molecule has 1 aromatic carbocycles. The summed E-state index contributed by atoms with van der Waals surface area (Å²) in [6, 6.07) is 4.32. The van der Waals surface area contributed by atoms with Crippen LogP contribution in [0.5, 0.6) is 0 Å². The minimum absolute atomic E-state index is 0.354. The molecular weight excluding hydrogens is 366 g/mol. The molecular formula is C14H10BrCl2FN2. The van der Waals surface area contributed by atoms with Gasteiger partial charge in [0, 0.05) is 17.4 Å². The second-order valence-electron chi connectivity index (χ2n) is 4.82. The first-order chi connectivity index (χ1) is 9.54. The molecule has 1 aliphatic rings. The van der Waals surface area contributed by atoms with Crippen LogP contribution in [0.25, 0.3) is 0 Å². The first kappa shape index (κ1) is 14.2. The summed E-state index contributed by atoms with van der Waals surface area (Å²) in [5, 5.41) is 0.788. The van der Waals surface area contributed by atoms with Gasteiger partial charge in [0.25, 0.3) is 0 Å². The minimum atomic E-state index is -0.354. The van der Waals surface area contributed by atoms with Gasteiger partial charge < -0.3 is 0 Å². The van der Waals surface area contributed by atoms with Gasteiger partial charge in [-0.1, -0.05) is 29.3 Å². The molecule has 0 aliphatic heterocycles. The second-order valence-corrected chi connectivity index (χ2v) is 6.37. The summed E-state index contributed by atoms with van der Waals surface area (Å²) < 4.78 is 13.8. The first-order valence-corrected chi connectivity index (χ1v) is 7.75. The highest BCUT2D eigenvalue weighted by molar-refractivity contribution is 9.10. The summed E-state index contributed by atoms with van der Waals surface area (Å²) in [5.74, 6) is 0.716. The van der Waals surface area contributed by atoms with Crippen LogP contribution in [-0.4, -0.2) is 9.97 Å². The van der Waals surface area contributed by atoms with E-state index in [9.17, 15) is 4.39 Å². The van der Waals surface area contributed by atoms with Gasteiger partial charge in [-0.2, -0.15) is 0 Å². The van der Waals surface area contributed by atoms with Crippen LogP contribution in [0.2, 0.25) is 10.2 Å². The molecule has 2 nitrogen and oxygen atoms in total. The van der Waals surface area contributed by atoms with Crippen LogP contribution in [0.15, 0.2) is 22.7 Å². The van der Waals surface area contributed by atoms with E-state index in [2.05, 4.69) is 25.9 Å². The maximum absolute atomic E-state index is 13.0. The highest BCUT2D eigenvalue weighted by atomic mass is 79.9. The lowest BCUT2D eigenvalue weighted by Gasteiger charge is -2.08. The van der Waals surface area contributed by atoms with Gasteiger partial charge in [-0.15, -0.1) is 0 Å². The quantitative estimate of drug-likeness (QED) is 0.693. The molecule has 1 heterocycles. The predicted octanol–water partition coefficient (Wildman–Crippen LogP) is 5.15. The largest absolute Gasteiger partial charge is 0.236 e. The molecule has 1 aliphatic carbocycles. The maximum atomic E-state index is 13.0. The van der Waals surface area contributed by atoms with E-state index >= 15 is 0 Å². The zero-order valence-corrected chi connectivity index (χ0v) is 13.4. The Morgan fingerprint density at radius 1 is 1.25 bits per heavy atom. The fourth-order valence-corrected chi connectivity index (χ4v) is 2.95. The Bertz CT molecular complexity index is 674. The average Bonchev–Trinajstić information content (AvgIpc) is 3.21. The zero-order valence-electron chi connectivity index (χ0n) is 10.3. The van der Waals surface area contributed by atoms with Gasteiger partial charge in [0.2, 0.25) is 0 Å². The molecule has 20 heavy (non-hydrogen) atoms. The van der Waals surface area contributed by atoms with Crippen LogP contribution in [0.4, 0.5) is 4.39 Å². The molecule has 0 atom stereocenters. The van der Waals surface area contributed by atoms with E-state index in [0.717, 1.165) is 28.6 Å². The normalized spacial score (nSPS) is 14.6. The molecule has 0 N–H and O–H groups in total. The van der Waals surface area contributed by atoms with Crippen LogP contribution in [0, 0.1) is 5.82 Å². The lowest BCUT2D eigenvalue weighted by atomic mass is 10.1. The Balaban J connectivity index is 1.94. The van der Waals surface area contributed by atoms with Crippen molar-refractivity contribution in [3.8, 4) is 0 Å². The van der Waals surface area contributed by atoms with Crippen LogP contribution in [-0.2, 0) is 6.42 Å². The molecule has 1 fully saturated rings. The molecule has 2 aromatic rings. The number of aromatic nitrogens is 2. The molecule has 0 spiro atoms. The zero-order chi connectivity index (χ0) is 14.3. The fraction of sp³-hybridized carbons (Fsp3) is 0.286. The lowest BCUT2D eigenvalue weighted by molar-refractivity contribution is 0.627. The molecule has 6 heteroatoms. The molecule has 0 radical (unpaired) electrons. The summed E-state index contributed by atoms with van der Waals surface area (Å²) in [5.41, 5.74) is 1.74. The van der Waals surface area contributed by atoms with E-state index < -0.39 is 0 Å². The fourth-order valence-electron chi connectivity index (χ4n) is 2.02. The van der Waals surface area contributed by atoms with Crippen LogP contribution >= 0.6 is 39.1 Å². The van der Waals surface area contributed by atoms with Crippen LogP contribution in [0.1, 0.15) is 35.8 Å². The van der Waals surface area contributed by atoms with Crippen molar-refractivity contribution in [2.45, 2.75) is 25.2 Å². The monoisotopic (exact) mass is 374 g/mol. The third-order valence-corrected chi connectivity index (χ3v) is 4.85. The summed E-state index contributed by atoms with van der Waals surface area (Å²) in [7, 11) is 0. The number of benzene rings is 1. The summed E-state index contributed by atoms with van der Waals surface area (Å²) in [6.07, 6.45) is 2.69. The van der Waals surface area contributed by atoms with Crippen molar-refractivity contribution in [1.29, 1.82) is 0 Å².